The van der Waals surface area contributed by atoms with Crippen LogP contribution in [-0.2, 0) is 0 Å². The van der Waals surface area contributed by atoms with E-state index in [1.54, 1.807) is 0 Å². The van der Waals surface area contributed by atoms with Gasteiger partial charge in [0.25, 0.3) is 0 Å². The Morgan fingerprint density at radius 2 is 2.00 bits per heavy atom. The van der Waals surface area contributed by atoms with E-state index in [2.05, 4.69) is 36.7 Å². The van der Waals surface area contributed by atoms with Crippen molar-refractivity contribution in [3.63, 3.8) is 0 Å². The number of rotatable bonds is 7. The van der Waals surface area contributed by atoms with E-state index in [4.69, 9.17) is 5.73 Å². The van der Waals surface area contributed by atoms with Crippen molar-refractivity contribution in [2.24, 2.45) is 5.73 Å². The van der Waals surface area contributed by atoms with Gasteiger partial charge >= 0.3 is 0 Å². The maximum absolute atomic E-state index is 5.83. The molecule has 0 amide bonds. The normalized spacial score (nSPS) is 14.3. The van der Waals surface area contributed by atoms with Crippen molar-refractivity contribution in [1.82, 2.24) is 4.98 Å². The maximum Gasteiger partial charge on any atom is 0.0569 e. The lowest BCUT2D eigenvalue weighted by atomic mass is 10.1. The maximum atomic E-state index is 5.83. The number of hydrogen-bond donors (Lipinski definition) is 1. The third-order valence-corrected chi connectivity index (χ3v) is 3.44. The van der Waals surface area contributed by atoms with Gasteiger partial charge in [-0.05, 0) is 38.8 Å². The fourth-order valence-corrected chi connectivity index (χ4v) is 1.99. The predicted molar refractivity (Wildman–Crippen MR) is 78.8 cm³/mol. The van der Waals surface area contributed by atoms with E-state index in [0.717, 1.165) is 18.7 Å². The first-order chi connectivity index (χ1) is 8.60. The molecule has 1 aromatic heterocycles. The number of hydrogen-bond acceptors (Lipinski definition) is 3. The van der Waals surface area contributed by atoms with Crippen LogP contribution < -0.4 is 10.6 Å². The monoisotopic (exact) mass is 249 g/mol. The average molecular weight is 249 g/mol. The van der Waals surface area contributed by atoms with Gasteiger partial charge in [-0.1, -0.05) is 20.3 Å². The van der Waals surface area contributed by atoms with Gasteiger partial charge in [-0.25, -0.2) is 0 Å². The van der Waals surface area contributed by atoms with Crippen LogP contribution in [0.2, 0.25) is 0 Å². The molecule has 0 fully saturated rings. The standard InChI is InChI=1S/C15H27N3/c1-5-7-10-18(12(3)6-2)14-8-9-15(13(4)16)17-11-14/h8-9,11-13H,5-7,10,16H2,1-4H3/t12?,13-/m0/s1. The van der Waals surface area contributed by atoms with Crippen molar-refractivity contribution < 1.29 is 0 Å². The van der Waals surface area contributed by atoms with Crippen LogP contribution >= 0.6 is 0 Å². The molecule has 2 atom stereocenters. The van der Waals surface area contributed by atoms with E-state index < -0.39 is 0 Å². The Balaban J connectivity index is 2.83. The van der Waals surface area contributed by atoms with Gasteiger partial charge < -0.3 is 10.6 Å². The Morgan fingerprint density at radius 3 is 2.44 bits per heavy atom. The molecule has 3 nitrogen and oxygen atoms in total. The summed E-state index contributed by atoms with van der Waals surface area (Å²) in [5, 5.41) is 0. The van der Waals surface area contributed by atoms with Crippen LogP contribution in [0.1, 0.15) is 58.7 Å². The molecule has 0 spiro atoms. The van der Waals surface area contributed by atoms with Crippen molar-refractivity contribution in [2.45, 2.75) is 59.0 Å². The van der Waals surface area contributed by atoms with E-state index in [-0.39, 0.29) is 6.04 Å². The zero-order valence-corrected chi connectivity index (χ0v) is 12.2. The molecule has 1 heterocycles. The van der Waals surface area contributed by atoms with Crippen molar-refractivity contribution in [2.75, 3.05) is 11.4 Å². The molecule has 1 unspecified atom stereocenters. The van der Waals surface area contributed by atoms with Crippen LogP contribution in [0.15, 0.2) is 18.3 Å². The first-order valence-electron chi connectivity index (χ1n) is 7.08. The summed E-state index contributed by atoms with van der Waals surface area (Å²) < 4.78 is 0. The number of anilines is 1. The second-order valence-corrected chi connectivity index (χ2v) is 5.03. The van der Waals surface area contributed by atoms with Crippen molar-refractivity contribution >= 4 is 5.69 Å². The summed E-state index contributed by atoms with van der Waals surface area (Å²) in [7, 11) is 0. The molecule has 0 bridgehead atoms. The molecule has 18 heavy (non-hydrogen) atoms. The van der Waals surface area contributed by atoms with Gasteiger partial charge in [0, 0.05) is 18.6 Å². The lowest BCUT2D eigenvalue weighted by molar-refractivity contribution is 0.594. The fourth-order valence-electron chi connectivity index (χ4n) is 1.99. The van der Waals surface area contributed by atoms with Gasteiger partial charge in [0.1, 0.15) is 0 Å². The third-order valence-electron chi connectivity index (χ3n) is 3.44. The summed E-state index contributed by atoms with van der Waals surface area (Å²) in [5.74, 6) is 0. The zero-order valence-electron chi connectivity index (χ0n) is 12.2. The minimum absolute atomic E-state index is 0.00624. The summed E-state index contributed by atoms with van der Waals surface area (Å²) in [6.45, 7) is 9.80. The Kier molecular flexibility index (Phi) is 6.13. The zero-order chi connectivity index (χ0) is 13.5. The SMILES string of the molecule is CCCCN(c1ccc([C@H](C)N)nc1)C(C)CC. The highest BCUT2D eigenvalue weighted by Crippen LogP contribution is 2.20. The van der Waals surface area contributed by atoms with Crippen molar-refractivity contribution in [3.8, 4) is 0 Å². The number of nitrogens with two attached hydrogens (primary N) is 1. The highest BCUT2D eigenvalue weighted by Gasteiger charge is 2.13. The summed E-state index contributed by atoms with van der Waals surface area (Å²) >= 11 is 0. The lowest BCUT2D eigenvalue weighted by Crippen LogP contribution is -2.33. The van der Waals surface area contributed by atoms with E-state index in [0.29, 0.717) is 6.04 Å². The molecular weight excluding hydrogens is 222 g/mol. The number of nitrogens with zero attached hydrogens (tertiary/aromatic N) is 2. The van der Waals surface area contributed by atoms with E-state index in [9.17, 15) is 0 Å². The van der Waals surface area contributed by atoms with Crippen LogP contribution in [0, 0.1) is 0 Å². The van der Waals surface area contributed by atoms with Crippen molar-refractivity contribution in [1.29, 1.82) is 0 Å². The molecule has 0 aliphatic carbocycles. The molecule has 102 valence electrons. The second-order valence-electron chi connectivity index (χ2n) is 5.03. The second kappa shape index (κ2) is 7.37. The van der Waals surface area contributed by atoms with Gasteiger partial charge in [-0.2, -0.15) is 0 Å². The molecule has 0 aliphatic rings. The molecule has 0 radical (unpaired) electrons. The van der Waals surface area contributed by atoms with Crippen LogP contribution in [0.3, 0.4) is 0 Å². The summed E-state index contributed by atoms with van der Waals surface area (Å²) in [6, 6.07) is 4.75. The van der Waals surface area contributed by atoms with E-state index >= 15 is 0 Å². The average Bonchev–Trinajstić information content (AvgIpc) is 2.39. The summed E-state index contributed by atoms with van der Waals surface area (Å²) in [4.78, 5) is 6.90. The Labute approximate surface area is 111 Å². The largest absolute Gasteiger partial charge is 0.368 e. The molecule has 0 aliphatic heterocycles. The van der Waals surface area contributed by atoms with Gasteiger partial charge in [-0.15, -0.1) is 0 Å². The first-order valence-corrected chi connectivity index (χ1v) is 7.08. The molecule has 1 rings (SSSR count). The summed E-state index contributed by atoms with van der Waals surface area (Å²) in [5.41, 5.74) is 8.00. The number of pyridine rings is 1. The van der Waals surface area contributed by atoms with Gasteiger partial charge in [0.15, 0.2) is 0 Å². The highest BCUT2D eigenvalue weighted by atomic mass is 15.2. The molecule has 0 saturated heterocycles. The topological polar surface area (TPSA) is 42.1 Å². The number of unbranched alkanes of at least 4 members (excludes halogenated alkanes) is 1. The Morgan fingerprint density at radius 1 is 1.28 bits per heavy atom. The predicted octanol–water partition coefficient (Wildman–Crippen LogP) is 3.51. The van der Waals surface area contributed by atoms with Gasteiger partial charge in [-0.3, -0.25) is 4.98 Å². The molecule has 0 saturated carbocycles. The van der Waals surface area contributed by atoms with E-state index in [1.165, 1.54) is 18.5 Å². The summed E-state index contributed by atoms with van der Waals surface area (Å²) in [6.07, 6.45) is 5.55. The molecule has 2 N–H and O–H groups in total. The quantitative estimate of drug-likeness (QED) is 0.804. The molecule has 3 heteroatoms. The number of aromatic nitrogens is 1. The Bertz CT molecular complexity index is 332. The first kappa shape index (κ1) is 15.0. The minimum Gasteiger partial charge on any atom is -0.368 e. The lowest BCUT2D eigenvalue weighted by Gasteiger charge is -2.30. The third kappa shape index (κ3) is 3.98. The van der Waals surface area contributed by atoms with Gasteiger partial charge in [0.05, 0.1) is 17.6 Å². The molecule has 1 aromatic rings. The van der Waals surface area contributed by atoms with Crippen LogP contribution in [-0.4, -0.2) is 17.6 Å². The minimum atomic E-state index is 0.00624. The Hall–Kier alpha value is -1.09. The fraction of sp³-hybridized carbons (Fsp3) is 0.667. The smallest absolute Gasteiger partial charge is 0.0569 e. The van der Waals surface area contributed by atoms with Gasteiger partial charge in [0.2, 0.25) is 0 Å². The van der Waals surface area contributed by atoms with Crippen LogP contribution in [0.25, 0.3) is 0 Å². The van der Waals surface area contributed by atoms with Crippen LogP contribution in [0.5, 0.6) is 0 Å². The van der Waals surface area contributed by atoms with E-state index in [1.807, 2.05) is 19.2 Å². The highest BCUT2D eigenvalue weighted by molar-refractivity contribution is 5.45. The molecular formula is C15H27N3. The molecule has 0 aromatic carbocycles. The van der Waals surface area contributed by atoms with Crippen LogP contribution in [0.4, 0.5) is 5.69 Å². The van der Waals surface area contributed by atoms with Crippen molar-refractivity contribution in [3.05, 3.63) is 24.0 Å².